The Hall–Kier alpha value is -4.17. The molecule has 0 atom stereocenters. The van der Waals surface area contributed by atoms with E-state index in [1.165, 1.54) is 12.1 Å². The smallest absolute Gasteiger partial charge is 0.338 e. The van der Waals surface area contributed by atoms with Gasteiger partial charge in [0.1, 0.15) is 11.5 Å². The summed E-state index contributed by atoms with van der Waals surface area (Å²) in [7, 11) is 0. The fourth-order valence-corrected chi connectivity index (χ4v) is 2.97. The number of nitrogens with one attached hydrogen (secondary N) is 2. The van der Waals surface area contributed by atoms with Gasteiger partial charge in [0, 0.05) is 17.0 Å². The molecular weight excluding hydrogens is 472 g/mol. The number of rotatable bonds is 8. The first-order valence-electron chi connectivity index (χ1n) is 10.5. The number of hydrogen-bond acceptors (Lipinski definition) is 6. The molecule has 3 aromatic rings. The number of carboxylic acid groups (broad SMARTS) is 1. The first-order valence-corrected chi connectivity index (χ1v) is 10.9. The van der Waals surface area contributed by atoms with Gasteiger partial charge in [0.05, 0.1) is 22.8 Å². The fraction of sp³-hybridized carbons (Fsp3) is 0.154. The van der Waals surface area contributed by atoms with E-state index < -0.39 is 5.97 Å². The lowest BCUT2D eigenvalue weighted by molar-refractivity contribution is -0.105. The summed E-state index contributed by atoms with van der Waals surface area (Å²) in [5, 5.41) is 19.2. The van der Waals surface area contributed by atoms with E-state index in [-0.39, 0.29) is 16.6 Å². The molecule has 0 aliphatic heterocycles. The molecule has 0 aliphatic rings. The van der Waals surface area contributed by atoms with Crippen molar-refractivity contribution < 1.29 is 28.6 Å². The minimum absolute atomic E-state index is 0.0363. The average Bonchev–Trinajstić information content (AvgIpc) is 3.28. The van der Waals surface area contributed by atoms with Gasteiger partial charge in [-0.25, -0.2) is 9.59 Å². The number of esters is 1. The number of aromatic carboxylic acids is 1. The summed E-state index contributed by atoms with van der Waals surface area (Å²) in [6, 6.07) is 14.8. The highest BCUT2D eigenvalue weighted by Crippen LogP contribution is 2.27. The van der Waals surface area contributed by atoms with Gasteiger partial charge in [0.2, 0.25) is 6.41 Å². The molecule has 0 spiro atoms. The molecule has 35 heavy (non-hydrogen) atoms. The van der Waals surface area contributed by atoms with E-state index in [1.807, 2.05) is 6.92 Å². The SMILES string of the molecule is CC(=N)/C(C)=C/c1ccc(-c2ccc(Cl)c(C(=O)O)c2)o1.CCOC(=O)c1cccc(NC=O)c1. The number of amides is 1. The number of hydrogen-bond donors (Lipinski definition) is 3. The molecule has 0 bridgehead atoms. The van der Waals surface area contributed by atoms with Gasteiger partial charge in [-0.05, 0) is 81.0 Å². The van der Waals surface area contributed by atoms with E-state index in [2.05, 4.69) is 5.32 Å². The highest BCUT2D eigenvalue weighted by Gasteiger charge is 2.12. The van der Waals surface area contributed by atoms with Crippen LogP contribution in [0.15, 0.2) is 64.6 Å². The molecule has 0 aliphatic carbocycles. The Morgan fingerprint density at radius 2 is 1.89 bits per heavy atom. The minimum atomic E-state index is -1.08. The van der Waals surface area contributed by atoms with E-state index in [0.29, 0.717) is 47.1 Å². The van der Waals surface area contributed by atoms with Crippen molar-refractivity contribution in [2.45, 2.75) is 20.8 Å². The highest BCUT2D eigenvalue weighted by atomic mass is 35.5. The highest BCUT2D eigenvalue weighted by molar-refractivity contribution is 6.33. The van der Waals surface area contributed by atoms with Gasteiger partial charge in [0.25, 0.3) is 0 Å². The summed E-state index contributed by atoms with van der Waals surface area (Å²) in [4.78, 5) is 32.5. The van der Waals surface area contributed by atoms with E-state index in [9.17, 15) is 14.4 Å². The van der Waals surface area contributed by atoms with Crippen LogP contribution in [0.2, 0.25) is 5.02 Å². The van der Waals surface area contributed by atoms with E-state index in [4.69, 9.17) is 31.3 Å². The van der Waals surface area contributed by atoms with Crippen molar-refractivity contribution in [1.29, 1.82) is 5.41 Å². The van der Waals surface area contributed by atoms with Crippen molar-refractivity contribution in [3.8, 4) is 11.3 Å². The number of benzene rings is 2. The van der Waals surface area contributed by atoms with E-state index >= 15 is 0 Å². The molecule has 1 amide bonds. The van der Waals surface area contributed by atoms with Gasteiger partial charge in [-0.2, -0.15) is 0 Å². The zero-order valence-corrected chi connectivity index (χ0v) is 20.2. The van der Waals surface area contributed by atoms with Gasteiger partial charge < -0.3 is 25.0 Å². The molecule has 3 rings (SSSR count). The van der Waals surface area contributed by atoms with Gasteiger partial charge in [-0.15, -0.1) is 0 Å². The molecule has 9 heteroatoms. The quantitative estimate of drug-likeness (QED) is 0.194. The van der Waals surface area contributed by atoms with Crippen LogP contribution in [0.1, 0.15) is 47.2 Å². The minimum Gasteiger partial charge on any atom is -0.478 e. The zero-order chi connectivity index (χ0) is 26.0. The second-order valence-electron chi connectivity index (χ2n) is 7.22. The number of ether oxygens (including phenoxy) is 1. The molecule has 1 heterocycles. The molecule has 0 fully saturated rings. The lowest BCUT2D eigenvalue weighted by Crippen LogP contribution is -2.05. The number of carboxylic acids is 1. The Morgan fingerprint density at radius 1 is 1.14 bits per heavy atom. The third-order valence-corrected chi connectivity index (χ3v) is 4.99. The first kappa shape index (κ1) is 27.1. The van der Waals surface area contributed by atoms with Crippen LogP contribution in [0.4, 0.5) is 5.69 Å². The van der Waals surface area contributed by atoms with Crippen LogP contribution in [-0.2, 0) is 9.53 Å². The number of anilines is 1. The topological polar surface area (TPSA) is 130 Å². The Morgan fingerprint density at radius 3 is 2.51 bits per heavy atom. The molecule has 8 nitrogen and oxygen atoms in total. The number of carbonyl (C=O) groups is 3. The van der Waals surface area contributed by atoms with Crippen LogP contribution in [0.3, 0.4) is 0 Å². The molecule has 3 N–H and O–H groups in total. The Labute approximate surface area is 207 Å². The lowest BCUT2D eigenvalue weighted by atomic mass is 10.1. The maximum absolute atomic E-state index is 11.3. The molecule has 2 aromatic carbocycles. The summed E-state index contributed by atoms with van der Waals surface area (Å²) >= 11 is 5.84. The van der Waals surface area contributed by atoms with Crippen LogP contribution in [-0.4, -0.2) is 35.8 Å². The number of allylic oxidation sites excluding steroid dienone is 1. The van der Waals surface area contributed by atoms with Crippen molar-refractivity contribution in [3.05, 3.63) is 82.1 Å². The van der Waals surface area contributed by atoms with Gasteiger partial charge in [-0.3, -0.25) is 4.79 Å². The van der Waals surface area contributed by atoms with Crippen LogP contribution in [0.25, 0.3) is 17.4 Å². The van der Waals surface area contributed by atoms with Crippen molar-refractivity contribution in [2.75, 3.05) is 11.9 Å². The zero-order valence-electron chi connectivity index (χ0n) is 19.4. The van der Waals surface area contributed by atoms with Gasteiger partial charge in [-0.1, -0.05) is 17.7 Å². The second-order valence-corrected chi connectivity index (χ2v) is 7.62. The average molecular weight is 497 g/mol. The summed E-state index contributed by atoms with van der Waals surface area (Å²) in [6.07, 6.45) is 2.32. The number of furan rings is 1. The van der Waals surface area contributed by atoms with E-state index in [1.54, 1.807) is 62.4 Å². The summed E-state index contributed by atoms with van der Waals surface area (Å²) in [6.45, 7) is 5.61. The predicted molar refractivity (Wildman–Crippen MR) is 135 cm³/mol. The first-order chi connectivity index (χ1) is 16.7. The van der Waals surface area contributed by atoms with Crippen LogP contribution < -0.4 is 5.32 Å². The standard InChI is InChI=1S/C16H14ClNO3.C10H11NO3/c1-9(10(2)18)7-12-4-6-15(21-12)11-3-5-14(17)13(8-11)16(19)20;1-2-14-10(13)8-4-3-5-9(6-8)11-7-12/h3-8,18H,1-2H3,(H,19,20);3-7H,2H2,1H3,(H,11,12)/b9-7+,18-10?;. The monoisotopic (exact) mass is 496 g/mol. The number of carbonyl (C=O) groups excluding carboxylic acids is 2. The molecule has 0 saturated heterocycles. The largest absolute Gasteiger partial charge is 0.478 e. The van der Waals surface area contributed by atoms with Crippen LogP contribution >= 0.6 is 11.6 Å². The molecule has 0 unspecified atom stereocenters. The van der Waals surface area contributed by atoms with Crippen molar-refractivity contribution in [1.82, 2.24) is 0 Å². The fourth-order valence-electron chi connectivity index (χ4n) is 2.77. The lowest BCUT2D eigenvalue weighted by Gasteiger charge is -2.03. The Bertz CT molecular complexity index is 1260. The molecule has 0 saturated carbocycles. The van der Waals surface area contributed by atoms with Gasteiger partial charge >= 0.3 is 11.9 Å². The predicted octanol–water partition coefficient (Wildman–Crippen LogP) is 6.17. The molecule has 182 valence electrons. The third-order valence-electron chi connectivity index (χ3n) is 4.66. The summed E-state index contributed by atoms with van der Waals surface area (Å²) in [5.41, 5.74) is 2.95. The maximum Gasteiger partial charge on any atom is 0.338 e. The van der Waals surface area contributed by atoms with Crippen LogP contribution in [0, 0.1) is 5.41 Å². The number of halogens is 1. The Balaban J connectivity index is 0.000000269. The Kier molecular flexibility index (Phi) is 9.98. The molecular formula is C26H25ClN2O6. The molecule has 1 aromatic heterocycles. The third kappa shape index (κ3) is 7.97. The van der Waals surface area contributed by atoms with Crippen molar-refractivity contribution in [2.24, 2.45) is 0 Å². The van der Waals surface area contributed by atoms with Gasteiger partial charge in [0.15, 0.2) is 0 Å². The van der Waals surface area contributed by atoms with Crippen LogP contribution in [0.5, 0.6) is 0 Å². The normalized spacial score (nSPS) is 10.6. The summed E-state index contributed by atoms with van der Waals surface area (Å²) in [5.74, 6) is -0.303. The van der Waals surface area contributed by atoms with E-state index in [0.717, 1.165) is 5.57 Å². The molecule has 0 radical (unpaired) electrons. The van der Waals surface area contributed by atoms with Crippen molar-refractivity contribution >= 4 is 47.4 Å². The maximum atomic E-state index is 11.3. The summed E-state index contributed by atoms with van der Waals surface area (Å²) < 4.78 is 10.5. The van der Waals surface area contributed by atoms with Crippen molar-refractivity contribution in [3.63, 3.8) is 0 Å². The second kappa shape index (κ2) is 12.9.